The molecule has 58 heavy (non-hydrogen) atoms. The Morgan fingerprint density at radius 1 is 0.397 bits per heavy atom. The van der Waals surface area contributed by atoms with E-state index in [0.717, 1.165) is 33.7 Å². The van der Waals surface area contributed by atoms with E-state index in [1.807, 2.05) is 23.9 Å². The molecule has 8 aromatic carbocycles. The van der Waals surface area contributed by atoms with Crippen molar-refractivity contribution >= 4 is 55.4 Å². The van der Waals surface area contributed by atoms with Gasteiger partial charge in [0.05, 0.1) is 38.9 Å². The Morgan fingerprint density at radius 3 is 1.83 bits per heavy atom. The number of nitrogens with zero attached hydrogens (tertiary/aromatic N) is 4. The van der Waals surface area contributed by atoms with Crippen LogP contribution in [0.5, 0.6) is 0 Å². The molecule has 4 nitrogen and oxygen atoms in total. The van der Waals surface area contributed by atoms with Crippen molar-refractivity contribution in [1.82, 2.24) is 19.1 Å². The van der Waals surface area contributed by atoms with Gasteiger partial charge in [0.25, 0.3) is 0 Å². The fourth-order valence-corrected chi connectivity index (χ4v) is 11.3. The second kappa shape index (κ2) is 11.9. The number of benzene rings is 8. The molecule has 2 aliphatic heterocycles. The first-order valence-electron chi connectivity index (χ1n) is 19.8. The lowest BCUT2D eigenvalue weighted by molar-refractivity contribution is 0.691. The minimum Gasteiger partial charge on any atom is -0.309 e. The molecule has 3 aromatic heterocycles. The van der Waals surface area contributed by atoms with Crippen LogP contribution in [-0.2, 0) is 5.41 Å². The molecule has 1 unspecified atom stereocenters. The normalized spacial score (nSPS) is 15.2. The number of hydrogen-bond acceptors (Lipinski definition) is 3. The fraction of sp³-hybridized carbons (Fsp3) is 0.0189. The highest BCUT2D eigenvalue weighted by atomic mass is 32.2. The van der Waals surface area contributed by atoms with Crippen LogP contribution in [0.15, 0.2) is 204 Å². The molecule has 5 heterocycles. The van der Waals surface area contributed by atoms with Crippen molar-refractivity contribution in [2.75, 3.05) is 0 Å². The molecular weight excluding hydrogens is 725 g/mol. The molecule has 0 N–H and O–H groups in total. The van der Waals surface area contributed by atoms with Crippen LogP contribution in [-0.4, -0.2) is 19.1 Å². The highest BCUT2D eigenvalue weighted by Crippen LogP contribution is 2.61. The first-order chi connectivity index (χ1) is 28.8. The highest BCUT2D eigenvalue weighted by molar-refractivity contribution is 7.99. The topological polar surface area (TPSA) is 35.6 Å². The maximum Gasteiger partial charge on any atom is 0.162 e. The van der Waals surface area contributed by atoms with Gasteiger partial charge in [-0.3, -0.25) is 4.57 Å². The minimum atomic E-state index is -0.565. The standard InChI is InChI=1S/C53H32N4S/c1-3-16-33(17-4-1)43-31-50(55-52(54-43)34-18-5-2-6-19-34)56-44-26-11-8-21-36(44)38-30-42-49(32-47(38)56)58-48-29-14-10-24-40(48)53(42)39-23-9-13-28-46(39)57-45-27-12-7-20-35(45)37-22-15-25-41(53)51(37)57/h1-32H. The molecule has 0 radical (unpaired) electrons. The Hall–Kier alpha value is -7.21. The molecule has 13 rings (SSSR count). The maximum absolute atomic E-state index is 5.35. The number of aromatic nitrogens is 4. The van der Waals surface area contributed by atoms with E-state index in [2.05, 4.69) is 191 Å². The monoisotopic (exact) mass is 756 g/mol. The summed E-state index contributed by atoms with van der Waals surface area (Å²) in [6.07, 6.45) is 0. The van der Waals surface area contributed by atoms with Crippen LogP contribution < -0.4 is 0 Å². The van der Waals surface area contributed by atoms with Gasteiger partial charge in [-0.25, -0.2) is 9.97 Å². The molecule has 1 spiro atoms. The second-order valence-corrected chi connectivity index (χ2v) is 16.4. The number of hydrogen-bond donors (Lipinski definition) is 0. The van der Waals surface area contributed by atoms with Gasteiger partial charge in [-0.15, -0.1) is 0 Å². The zero-order chi connectivity index (χ0) is 38.0. The zero-order valence-corrected chi connectivity index (χ0v) is 32.0. The third kappa shape index (κ3) is 4.20. The molecule has 0 saturated carbocycles. The molecule has 270 valence electrons. The summed E-state index contributed by atoms with van der Waals surface area (Å²) >= 11 is 1.88. The molecule has 0 fully saturated rings. The predicted octanol–water partition coefficient (Wildman–Crippen LogP) is 13.2. The van der Waals surface area contributed by atoms with Gasteiger partial charge >= 0.3 is 0 Å². The van der Waals surface area contributed by atoms with Crippen LogP contribution >= 0.6 is 11.8 Å². The first kappa shape index (κ1) is 31.9. The molecule has 11 aromatic rings. The summed E-state index contributed by atoms with van der Waals surface area (Å²) in [5.41, 5.74) is 13.6. The maximum atomic E-state index is 5.35. The summed E-state index contributed by atoms with van der Waals surface area (Å²) in [6.45, 7) is 0. The van der Waals surface area contributed by atoms with Crippen LogP contribution in [0.25, 0.3) is 77.8 Å². The van der Waals surface area contributed by atoms with Gasteiger partial charge in [-0.2, -0.15) is 0 Å². The SMILES string of the molecule is c1ccc(-c2cc(-n3c4ccccc4c4cc5c(cc43)Sc3ccccc3C53c4ccccc4-n4c5ccccc5c5cccc3c54)nc(-c3ccccc3)n2)cc1. The third-order valence-electron chi connectivity index (χ3n) is 12.4. The van der Waals surface area contributed by atoms with Crippen molar-refractivity contribution < 1.29 is 0 Å². The van der Waals surface area contributed by atoms with Crippen LogP contribution in [0.2, 0.25) is 0 Å². The van der Waals surface area contributed by atoms with Gasteiger partial charge in [0.1, 0.15) is 5.82 Å². The van der Waals surface area contributed by atoms with Gasteiger partial charge in [-0.05, 0) is 58.7 Å². The molecule has 5 heteroatoms. The third-order valence-corrected chi connectivity index (χ3v) is 13.5. The summed E-state index contributed by atoms with van der Waals surface area (Å²) in [4.78, 5) is 13.0. The van der Waals surface area contributed by atoms with Crippen molar-refractivity contribution in [3.05, 3.63) is 216 Å². The molecule has 2 aliphatic rings. The van der Waals surface area contributed by atoms with E-state index >= 15 is 0 Å². The summed E-state index contributed by atoms with van der Waals surface area (Å²) in [7, 11) is 0. The van der Waals surface area contributed by atoms with Crippen molar-refractivity contribution in [2.24, 2.45) is 0 Å². The molecular formula is C53H32N4S. The minimum absolute atomic E-state index is 0.565. The Labute approximate surface area is 338 Å². The molecule has 0 bridgehead atoms. The van der Waals surface area contributed by atoms with Crippen molar-refractivity contribution in [3.8, 4) is 34.2 Å². The quantitative estimate of drug-likeness (QED) is 0.180. The van der Waals surface area contributed by atoms with Crippen LogP contribution in [0.1, 0.15) is 22.3 Å². The van der Waals surface area contributed by atoms with Crippen molar-refractivity contribution in [3.63, 3.8) is 0 Å². The summed E-state index contributed by atoms with van der Waals surface area (Å²) in [6, 6.07) is 70.6. The number of rotatable bonds is 3. The van der Waals surface area contributed by atoms with Crippen LogP contribution in [0, 0.1) is 0 Å². The number of para-hydroxylation sites is 4. The highest BCUT2D eigenvalue weighted by Gasteiger charge is 2.49. The average Bonchev–Trinajstić information content (AvgIpc) is 3.81. The van der Waals surface area contributed by atoms with E-state index < -0.39 is 5.41 Å². The second-order valence-electron chi connectivity index (χ2n) is 15.3. The Morgan fingerprint density at radius 2 is 1.02 bits per heavy atom. The largest absolute Gasteiger partial charge is 0.309 e. The van der Waals surface area contributed by atoms with Gasteiger partial charge in [0.2, 0.25) is 0 Å². The lowest BCUT2D eigenvalue weighted by Crippen LogP contribution is -2.37. The zero-order valence-electron chi connectivity index (χ0n) is 31.2. The molecule has 0 saturated heterocycles. The van der Waals surface area contributed by atoms with E-state index in [1.54, 1.807) is 0 Å². The predicted molar refractivity (Wildman–Crippen MR) is 238 cm³/mol. The lowest BCUT2D eigenvalue weighted by Gasteiger charge is -2.45. The first-order valence-corrected chi connectivity index (χ1v) is 20.6. The van der Waals surface area contributed by atoms with Gasteiger partial charge in [0, 0.05) is 48.5 Å². The van der Waals surface area contributed by atoms with Crippen LogP contribution in [0.3, 0.4) is 0 Å². The molecule has 0 aliphatic carbocycles. The van der Waals surface area contributed by atoms with Crippen LogP contribution in [0.4, 0.5) is 0 Å². The summed E-state index contributed by atoms with van der Waals surface area (Å²) in [5.74, 6) is 1.54. The van der Waals surface area contributed by atoms with E-state index in [1.165, 1.54) is 70.3 Å². The fourth-order valence-electron chi connectivity index (χ4n) is 10.1. The summed E-state index contributed by atoms with van der Waals surface area (Å²) < 4.78 is 4.87. The molecule has 1 atom stereocenters. The van der Waals surface area contributed by atoms with Gasteiger partial charge < -0.3 is 4.57 Å². The van der Waals surface area contributed by atoms with E-state index in [-0.39, 0.29) is 0 Å². The van der Waals surface area contributed by atoms with Gasteiger partial charge in [0.15, 0.2) is 5.82 Å². The lowest BCUT2D eigenvalue weighted by atomic mass is 9.62. The Kier molecular flexibility index (Phi) is 6.55. The van der Waals surface area contributed by atoms with Gasteiger partial charge in [-0.1, -0.05) is 163 Å². The summed E-state index contributed by atoms with van der Waals surface area (Å²) in [5, 5.41) is 4.95. The van der Waals surface area contributed by atoms with E-state index in [0.29, 0.717) is 5.82 Å². The molecule has 0 amide bonds. The van der Waals surface area contributed by atoms with E-state index in [9.17, 15) is 0 Å². The van der Waals surface area contributed by atoms with E-state index in [4.69, 9.17) is 9.97 Å². The van der Waals surface area contributed by atoms with Crippen molar-refractivity contribution in [1.29, 1.82) is 0 Å². The Balaban J connectivity index is 1.16. The number of fused-ring (bicyclic) bond motifs is 14. The Bertz CT molecular complexity index is 3430. The smallest absolute Gasteiger partial charge is 0.162 e. The average molecular weight is 757 g/mol. The van der Waals surface area contributed by atoms with Crippen molar-refractivity contribution in [2.45, 2.75) is 15.2 Å².